The smallest absolute Gasteiger partial charge is 0.345 e. The molecule has 1 aromatic carbocycles. The summed E-state index contributed by atoms with van der Waals surface area (Å²) in [6.07, 6.45) is 10.4. The first-order valence-corrected chi connectivity index (χ1v) is 20.0. The largest absolute Gasteiger partial charge is 0.477 e. The first kappa shape index (κ1) is 37.1. The van der Waals surface area contributed by atoms with Gasteiger partial charge in [-0.25, -0.2) is 4.79 Å². The van der Waals surface area contributed by atoms with E-state index in [1.807, 2.05) is 18.2 Å². The van der Waals surface area contributed by atoms with Gasteiger partial charge in [-0.1, -0.05) is 67.0 Å². The normalized spacial score (nSPS) is 37.5. The lowest BCUT2D eigenvalue weighted by Gasteiger charge is -2.72. The van der Waals surface area contributed by atoms with E-state index in [-0.39, 0.29) is 56.9 Å². The highest BCUT2D eigenvalue weighted by atomic mass is 32.1. The van der Waals surface area contributed by atoms with Crippen LogP contribution in [0.4, 0.5) is 0 Å². The van der Waals surface area contributed by atoms with Crippen molar-refractivity contribution >= 4 is 29.1 Å². The highest BCUT2D eigenvalue weighted by Gasteiger charge is 2.69. The number of carbonyl (C=O) groups excluding carboxylic acids is 2. The third-order valence-corrected chi connectivity index (χ3v) is 16.6. The molecule has 2 aromatic rings. The quantitative estimate of drug-likeness (QED) is 0.208. The van der Waals surface area contributed by atoms with Gasteiger partial charge in [0.15, 0.2) is 0 Å². The van der Waals surface area contributed by atoms with Gasteiger partial charge in [-0.05, 0) is 133 Å². The molecule has 4 aliphatic carbocycles. The van der Waals surface area contributed by atoms with E-state index in [1.165, 1.54) is 25.7 Å². The summed E-state index contributed by atoms with van der Waals surface area (Å²) >= 11 is 1.16. The fourth-order valence-corrected chi connectivity index (χ4v) is 13.4. The lowest BCUT2D eigenvalue weighted by molar-refractivity contribution is -0.246. The van der Waals surface area contributed by atoms with E-state index in [0.29, 0.717) is 29.9 Å². The second kappa shape index (κ2) is 13.4. The van der Waals surface area contributed by atoms with Crippen LogP contribution in [0, 0.1) is 50.7 Å². The molecule has 1 heterocycles. The summed E-state index contributed by atoms with van der Waals surface area (Å²) in [6, 6.07) is 10.7. The molecular weight excluding hydrogens is 645 g/mol. The van der Waals surface area contributed by atoms with Crippen molar-refractivity contribution in [2.75, 3.05) is 0 Å². The molecule has 4 fully saturated rings. The molecule has 0 saturated heterocycles. The zero-order chi connectivity index (χ0) is 36.3. The van der Waals surface area contributed by atoms with Gasteiger partial charge < -0.3 is 20.8 Å². The van der Waals surface area contributed by atoms with Crippen LogP contribution in [0.15, 0.2) is 36.4 Å². The molecule has 0 bridgehead atoms. The van der Waals surface area contributed by atoms with Crippen molar-refractivity contribution in [1.82, 2.24) is 10.6 Å². The van der Waals surface area contributed by atoms with E-state index in [9.17, 15) is 24.6 Å². The Kier molecular flexibility index (Phi) is 9.91. The number of carboxylic acids is 1. The molecule has 7 nitrogen and oxygen atoms in total. The van der Waals surface area contributed by atoms with Gasteiger partial charge in [0.25, 0.3) is 5.91 Å². The standard InChI is InChI=1S/C42H60N2O5S/c1-8-18-42(37(49)44-24-27-10-9-11-28(23-27)35(46)43-25-29-12-14-31(50-29)36(47)48)22-21-40(6)30(26(42)2)13-15-33-39(5)19-17-34(45)38(3,4)32(39)16-20-41(33,40)7/h9-12,14,23,26,30,32-34,45H,8,13,15-22,24-25H2,1-7H3,(H,43,46)(H,44,49)(H,47,48)/t26?,30?,32?,33?,34?,39?,40-,41?,42?/m1/s1. The number of aliphatic hydroxyl groups is 1. The maximum Gasteiger partial charge on any atom is 0.345 e. The summed E-state index contributed by atoms with van der Waals surface area (Å²) in [6.45, 7) is 17.6. The number of aliphatic hydroxyl groups excluding tert-OH is 1. The van der Waals surface area contributed by atoms with E-state index < -0.39 is 11.4 Å². The number of nitrogens with one attached hydrogen (secondary N) is 2. The number of benzene rings is 1. The summed E-state index contributed by atoms with van der Waals surface area (Å²) in [5, 5.41) is 26.5. The maximum absolute atomic E-state index is 14.4. The predicted molar refractivity (Wildman–Crippen MR) is 199 cm³/mol. The van der Waals surface area contributed by atoms with Gasteiger partial charge in [0.2, 0.25) is 5.91 Å². The van der Waals surface area contributed by atoms with Crippen LogP contribution in [0.2, 0.25) is 0 Å². The van der Waals surface area contributed by atoms with Gasteiger partial charge in [-0.3, -0.25) is 9.59 Å². The second-order valence-corrected chi connectivity index (χ2v) is 19.0. The Balaban J connectivity index is 1.15. The topological polar surface area (TPSA) is 116 Å². The molecule has 6 rings (SSSR count). The van der Waals surface area contributed by atoms with Gasteiger partial charge in [-0.2, -0.15) is 0 Å². The molecule has 50 heavy (non-hydrogen) atoms. The van der Waals surface area contributed by atoms with Crippen molar-refractivity contribution in [3.05, 3.63) is 57.3 Å². The lowest BCUT2D eigenvalue weighted by atomic mass is 9.32. The number of fused-ring (bicyclic) bond motifs is 5. The molecule has 4 aliphatic rings. The predicted octanol–water partition coefficient (Wildman–Crippen LogP) is 8.84. The van der Waals surface area contributed by atoms with Crippen LogP contribution in [0.3, 0.4) is 0 Å². The summed E-state index contributed by atoms with van der Waals surface area (Å²) in [4.78, 5) is 39.7. The number of hydrogen-bond donors (Lipinski definition) is 4. The number of rotatable bonds is 9. The van der Waals surface area contributed by atoms with E-state index in [1.54, 1.807) is 18.2 Å². The van der Waals surface area contributed by atoms with E-state index in [4.69, 9.17) is 0 Å². The van der Waals surface area contributed by atoms with Gasteiger partial charge in [0.1, 0.15) is 4.88 Å². The molecule has 4 saturated carbocycles. The van der Waals surface area contributed by atoms with Crippen LogP contribution < -0.4 is 10.6 Å². The first-order chi connectivity index (χ1) is 23.5. The third kappa shape index (κ3) is 5.84. The highest BCUT2D eigenvalue weighted by Crippen LogP contribution is 2.75. The van der Waals surface area contributed by atoms with E-state index in [2.05, 4.69) is 59.1 Å². The number of thiophene rings is 1. The summed E-state index contributed by atoms with van der Waals surface area (Å²) in [7, 11) is 0. The second-order valence-electron chi connectivity index (χ2n) is 17.9. The molecule has 4 N–H and O–H groups in total. The van der Waals surface area contributed by atoms with E-state index >= 15 is 0 Å². The fourth-order valence-electron chi connectivity index (χ4n) is 12.6. The minimum Gasteiger partial charge on any atom is -0.477 e. The molecule has 9 atom stereocenters. The lowest BCUT2D eigenvalue weighted by Crippen LogP contribution is -2.67. The Bertz CT molecular complexity index is 1620. The average Bonchev–Trinajstić information content (AvgIpc) is 3.56. The van der Waals surface area contributed by atoms with Crippen molar-refractivity contribution < 1.29 is 24.6 Å². The van der Waals surface area contributed by atoms with Gasteiger partial charge in [-0.15, -0.1) is 11.3 Å². The van der Waals surface area contributed by atoms with Crippen molar-refractivity contribution in [2.24, 2.45) is 50.7 Å². The average molecular weight is 705 g/mol. The van der Waals surface area contributed by atoms with Gasteiger partial charge in [0, 0.05) is 17.0 Å². The molecule has 8 unspecified atom stereocenters. The Morgan fingerprint density at radius 1 is 0.860 bits per heavy atom. The number of carbonyl (C=O) groups is 3. The van der Waals surface area contributed by atoms with Crippen molar-refractivity contribution in [1.29, 1.82) is 0 Å². The minimum atomic E-state index is -0.969. The summed E-state index contributed by atoms with van der Waals surface area (Å²) < 4.78 is 0. The van der Waals surface area contributed by atoms with Gasteiger partial charge in [0.05, 0.1) is 18.1 Å². The van der Waals surface area contributed by atoms with Crippen LogP contribution in [0.5, 0.6) is 0 Å². The molecule has 1 aromatic heterocycles. The maximum atomic E-state index is 14.4. The van der Waals surface area contributed by atoms with Crippen LogP contribution in [-0.2, 0) is 17.9 Å². The van der Waals surface area contributed by atoms with Crippen molar-refractivity contribution in [2.45, 2.75) is 132 Å². The fraction of sp³-hybridized carbons (Fsp3) is 0.690. The van der Waals surface area contributed by atoms with Crippen LogP contribution in [-0.4, -0.2) is 34.1 Å². The molecular formula is C42H60N2O5S. The highest BCUT2D eigenvalue weighted by molar-refractivity contribution is 7.13. The van der Waals surface area contributed by atoms with Crippen molar-refractivity contribution in [3.8, 4) is 0 Å². The van der Waals surface area contributed by atoms with Crippen LogP contribution in [0.25, 0.3) is 0 Å². The number of carboxylic acid groups (broad SMARTS) is 1. The summed E-state index contributed by atoms with van der Waals surface area (Å²) in [5.41, 5.74) is 1.55. The molecule has 0 spiro atoms. The molecule has 8 heteroatoms. The Morgan fingerprint density at radius 3 is 2.32 bits per heavy atom. The Labute approximate surface area is 303 Å². The molecule has 0 aliphatic heterocycles. The zero-order valence-electron chi connectivity index (χ0n) is 31.4. The number of hydrogen-bond acceptors (Lipinski definition) is 5. The van der Waals surface area contributed by atoms with Crippen LogP contribution >= 0.6 is 11.3 Å². The van der Waals surface area contributed by atoms with Crippen LogP contribution in [0.1, 0.15) is 143 Å². The van der Waals surface area contributed by atoms with Gasteiger partial charge >= 0.3 is 5.97 Å². The third-order valence-electron chi connectivity index (χ3n) is 15.6. The monoisotopic (exact) mass is 704 g/mol. The Morgan fingerprint density at radius 2 is 1.62 bits per heavy atom. The molecule has 274 valence electrons. The SMILES string of the molecule is CCCC1(C(=O)NCc2cccc(C(=O)NCc3ccc(C(=O)O)s3)c2)CC[C@]2(C)C(CCC3C4(C)CCC(O)C(C)(C)C4CCC32C)C1C. The zero-order valence-corrected chi connectivity index (χ0v) is 32.2. The number of aromatic carboxylic acids is 1. The number of amides is 2. The molecule has 0 radical (unpaired) electrons. The van der Waals surface area contributed by atoms with E-state index in [0.717, 1.165) is 60.3 Å². The summed E-state index contributed by atoms with van der Waals surface area (Å²) in [5.74, 6) is 0.889. The Hall–Kier alpha value is -2.71. The molecule has 2 amide bonds. The minimum absolute atomic E-state index is 0.0539. The first-order valence-electron chi connectivity index (χ1n) is 19.2. The van der Waals surface area contributed by atoms with Crippen molar-refractivity contribution in [3.63, 3.8) is 0 Å².